The maximum Gasteiger partial charge on any atom is 0.345 e. The molecule has 0 amide bonds. The molecule has 0 aliphatic rings. The number of aromatic nitrogens is 1. The van der Waals surface area contributed by atoms with Crippen LogP contribution in [0.1, 0.15) is 22.8 Å². The molecule has 6 nitrogen and oxygen atoms in total. The fourth-order valence-corrected chi connectivity index (χ4v) is 5.18. The first-order valence-electron chi connectivity index (χ1n) is 11.2. The van der Waals surface area contributed by atoms with Crippen molar-refractivity contribution >= 4 is 57.9 Å². The third kappa shape index (κ3) is 5.69. The minimum atomic E-state index is -0.828. The van der Waals surface area contributed by atoms with Crippen molar-refractivity contribution < 1.29 is 19.1 Å². The number of thiazole rings is 1. The first-order chi connectivity index (χ1) is 17.8. The molecule has 0 radical (unpaired) electrons. The van der Waals surface area contributed by atoms with Gasteiger partial charge in [-0.25, -0.2) is 4.79 Å². The van der Waals surface area contributed by atoms with Crippen molar-refractivity contribution in [3.8, 4) is 11.4 Å². The maximum atomic E-state index is 13.7. The molecule has 0 spiro atoms. The summed E-state index contributed by atoms with van der Waals surface area (Å²) in [7, 11) is 1.52. The standard InChI is InChI=1S/C28H21Cl2NO5S/c1-3-36-28(34)24(25(32)17-10-13-21(35-2)14-11-17)27-31(20-7-5-4-6-8-20)26(33)23(37-27)15-18-9-12-19(29)16-22(18)30/h4-16H,3H2,1-2H3. The van der Waals surface area contributed by atoms with Crippen LogP contribution in [-0.4, -0.2) is 30.0 Å². The summed E-state index contributed by atoms with van der Waals surface area (Å²) in [5.41, 5.74) is 0.636. The van der Waals surface area contributed by atoms with Crippen molar-refractivity contribution in [2.24, 2.45) is 0 Å². The van der Waals surface area contributed by atoms with Crippen molar-refractivity contribution in [3.05, 3.63) is 114 Å². The summed E-state index contributed by atoms with van der Waals surface area (Å²) in [4.78, 5) is 40.5. The van der Waals surface area contributed by atoms with Crippen LogP contribution in [0.25, 0.3) is 17.3 Å². The number of rotatable bonds is 7. The molecule has 0 atom stereocenters. The Morgan fingerprint density at radius 2 is 1.70 bits per heavy atom. The number of benzene rings is 3. The van der Waals surface area contributed by atoms with E-state index in [1.807, 2.05) is 0 Å². The molecule has 0 saturated heterocycles. The van der Waals surface area contributed by atoms with E-state index in [1.165, 1.54) is 11.7 Å². The largest absolute Gasteiger partial charge is 0.497 e. The molecule has 37 heavy (non-hydrogen) atoms. The van der Waals surface area contributed by atoms with E-state index in [1.54, 1.807) is 85.8 Å². The van der Waals surface area contributed by atoms with Crippen LogP contribution in [0.3, 0.4) is 0 Å². The quantitative estimate of drug-likeness (QED) is 0.189. The van der Waals surface area contributed by atoms with Gasteiger partial charge in [0, 0.05) is 15.6 Å². The average Bonchev–Trinajstić information content (AvgIpc) is 3.21. The monoisotopic (exact) mass is 553 g/mol. The van der Waals surface area contributed by atoms with Crippen molar-refractivity contribution in [2.45, 2.75) is 6.92 Å². The summed E-state index contributed by atoms with van der Waals surface area (Å²) in [6.45, 7) is 1.70. The molecule has 0 N–H and O–H groups in total. The highest BCUT2D eigenvalue weighted by Crippen LogP contribution is 2.21. The molecule has 3 aromatic carbocycles. The van der Waals surface area contributed by atoms with Crippen LogP contribution in [0, 0.1) is 0 Å². The topological polar surface area (TPSA) is 74.6 Å². The molecule has 9 heteroatoms. The van der Waals surface area contributed by atoms with Gasteiger partial charge in [0.15, 0.2) is 0 Å². The molecule has 0 aliphatic carbocycles. The van der Waals surface area contributed by atoms with Gasteiger partial charge in [0.25, 0.3) is 5.56 Å². The molecule has 0 bridgehead atoms. The second-order valence-corrected chi connectivity index (χ2v) is 9.59. The van der Waals surface area contributed by atoms with Crippen molar-refractivity contribution in [2.75, 3.05) is 13.7 Å². The van der Waals surface area contributed by atoms with E-state index in [0.29, 0.717) is 27.0 Å². The zero-order valence-electron chi connectivity index (χ0n) is 19.9. The van der Waals surface area contributed by atoms with Crippen LogP contribution in [0.2, 0.25) is 10.0 Å². The van der Waals surface area contributed by atoms with Crippen molar-refractivity contribution in [3.63, 3.8) is 0 Å². The molecule has 0 aliphatic heterocycles. The highest BCUT2D eigenvalue weighted by atomic mass is 35.5. The van der Waals surface area contributed by atoms with E-state index < -0.39 is 17.3 Å². The molecule has 0 unspecified atom stereocenters. The summed E-state index contributed by atoms with van der Waals surface area (Å²) in [5.74, 6) is -0.850. The molecule has 1 heterocycles. The number of carbonyl (C=O) groups excluding carboxylic acids is 2. The normalized spacial score (nSPS) is 12.3. The van der Waals surface area contributed by atoms with Gasteiger partial charge in [-0.3, -0.25) is 14.2 Å². The minimum absolute atomic E-state index is 0.0541. The van der Waals surface area contributed by atoms with Crippen LogP contribution in [-0.2, 0) is 9.53 Å². The van der Waals surface area contributed by atoms with Gasteiger partial charge in [-0.15, -0.1) is 11.3 Å². The Balaban J connectivity index is 2.08. The maximum absolute atomic E-state index is 13.7. The molecular formula is C28H21Cl2NO5S. The Morgan fingerprint density at radius 3 is 2.32 bits per heavy atom. The smallest absolute Gasteiger partial charge is 0.345 e. The van der Waals surface area contributed by atoms with Crippen LogP contribution >= 0.6 is 34.5 Å². The number of halogens is 2. The second kappa shape index (κ2) is 11.6. The number of esters is 1. The first kappa shape index (κ1) is 26.4. The van der Waals surface area contributed by atoms with Crippen molar-refractivity contribution in [1.29, 1.82) is 0 Å². The van der Waals surface area contributed by atoms with E-state index in [2.05, 4.69) is 0 Å². The number of hydrogen-bond acceptors (Lipinski definition) is 6. The minimum Gasteiger partial charge on any atom is -0.497 e. The molecule has 188 valence electrons. The number of methoxy groups -OCH3 is 1. The molecule has 1 aromatic heterocycles. The Hall–Kier alpha value is -3.65. The number of ketones is 1. The first-order valence-corrected chi connectivity index (χ1v) is 12.8. The second-order valence-electron chi connectivity index (χ2n) is 7.71. The Labute approximate surface area is 226 Å². The Kier molecular flexibility index (Phi) is 8.28. The summed E-state index contributed by atoms with van der Waals surface area (Å²) < 4.78 is 12.2. The van der Waals surface area contributed by atoms with Crippen molar-refractivity contribution in [1.82, 2.24) is 4.57 Å². The van der Waals surface area contributed by atoms with E-state index >= 15 is 0 Å². The summed E-state index contributed by atoms with van der Waals surface area (Å²) in [5, 5.41) is 0.816. The molecular weight excluding hydrogens is 533 g/mol. The predicted molar refractivity (Wildman–Crippen MR) is 147 cm³/mol. The van der Waals surface area contributed by atoms with Gasteiger partial charge in [0.05, 0.1) is 23.9 Å². The fourth-order valence-electron chi connectivity index (χ4n) is 3.59. The summed E-state index contributed by atoms with van der Waals surface area (Å²) in [6, 6.07) is 20.0. The highest BCUT2D eigenvalue weighted by molar-refractivity contribution is 7.08. The lowest BCUT2D eigenvalue weighted by atomic mass is 10.0. The highest BCUT2D eigenvalue weighted by Gasteiger charge is 2.26. The van der Waals surface area contributed by atoms with Crippen LogP contribution < -0.4 is 19.5 Å². The lowest BCUT2D eigenvalue weighted by Gasteiger charge is -2.09. The number of nitrogens with zero attached hydrogens (tertiary/aromatic N) is 1. The van der Waals surface area contributed by atoms with E-state index in [0.717, 1.165) is 11.3 Å². The van der Waals surface area contributed by atoms with Gasteiger partial charge in [-0.2, -0.15) is 0 Å². The molecule has 4 aromatic rings. The summed E-state index contributed by atoms with van der Waals surface area (Å²) in [6.07, 6.45) is 1.61. The van der Waals surface area contributed by atoms with E-state index in [4.69, 9.17) is 32.7 Å². The lowest BCUT2D eigenvalue weighted by molar-refractivity contribution is -0.136. The summed E-state index contributed by atoms with van der Waals surface area (Å²) >= 11 is 13.4. The van der Waals surface area contributed by atoms with Gasteiger partial charge in [-0.1, -0.05) is 47.5 Å². The number of hydrogen-bond donors (Lipinski definition) is 0. The van der Waals surface area contributed by atoms with Gasteiger partial charge >= 0.3 is 5.97 Å². The van der Waals surface area contributed by atoms with Crippen LogP contribution in [0.5, 0.6) is 5.75 Å². The Bertz CT molecular complexity index is 1640. The SMILES string of the molecule is CCOC(=O)C(C(=O)c1ccc(OC)cc1)=c1sc(=Cc2ccc(Cl)cc2Cl)c(=O)n1-c1ccccc1. The number of ether oxygens (including phenoxy) is 2. The number of carbonyl (C=O) groups is 2. The number of Topliss-reactive ketones (excluding diaryl/α,β-unsaturated/α-hetero) is 1. The Morgan fingerprint density at radius 1 is 1.00 bits per heavy atom. The third-order valence-corrected chi connectivity index (χ3v) is 7.01. The average molecular weight is 554 g/mol. The van der Waals surface area contributed by atoms with Crippen LogP contribution in [0.15, 0.2) is 77.6 Å². The molecule has 4 rings (SSSR count). The fraction of sp³-hybridized carbons (Fsp3) is 0.107. The number of para-hydroxylation sites is 1. The van der Waals surface area contributed by atoms with Crippen LogP contribution in [0.4, 0.5) is 0 Å². The molecule has 0 fully saturated rings. The van der Waals surface area contributed by atoms with Gasteiger partial charge in [-0.05, 0) is 67.1 Å². The zero-order chi connectivity index (χ0) is 26.5. The van der Waals surface area contributed by atoms with Gasteiger partial charge in [0.1, 0.15) is 16.0 Å². The lowest BCUT2D eigenvalue weighted by Crippen LogP contribution is -2.33. The molecule has 0 saturated carbocycles. The zero-order valence-corrected chi connectivity index (χ0v) is 22.2. The predicted octanol–water partition coefficient (Wildman–Crippen LogP) is 4.64. The third-order valence-electron chi connectivity index (χ3n) is 5.36. The van der Waals surface area contributed by atoms with E-state index in [9.17, 15) is 14.4 Å². The van der Waals surface area contributed by atoms with Gasteiger partial charge in [0.2, 0.25) is 5.78 Å². The van der Waals surface area contributed by atoms with Gasteiger partial charge < -0.3 is 9.47 Å². The van der Waals surface area contributed by atoms with E-state index in [-0.39, 0.29) is 26.9 Å².